The molecule has 19 heavy (non-hydrogen) atoms. The lowest BCUT2D eigenvalue weighted by atomic mass is 10.1. The van der Waals surface area contributed by atoms with Gasteiger partial charge >= 0.3 is 0 Å². The smallest absolute Gasteiger partial charge is 0.0359 e. The van der Waals surface area contributed by atoms with Gasteiger partial charge in [0, 0.05) is 12.2 Å². The Morgan fingerprint density at radius 3 is 2.26 bits per heavy atom. The van der Waals surface area contributed by atoms with Crippen molar-refractivity contribution in [1.29, 1.82) is 0 Å². The van der Waals surface area contributed by atoms with E-state index < -0.39 is 0 Å². The van der Waals surface area contributed by atoms with Crippen LogP contribution >= 0.6 is 0 Å². The first kappa shape index (κ1) is 12.2. The van der Waals surface area contributed by atoms with Crippen LogP contribution in [0.3, 0.4) is 0 Å². The Labute approximate surface area is 114 Å². The Bertz CT molecular complexity index is 538. The van der Waals surface area contributed by atoms with Crippen LogP contribution in [0.15, 0.2) is 48.5 Å². The van der Waals surface area contributed by atoms with Crippen LogP contribution < -0.4 is 11.1 Å². The predicted molar refractivity (Wildman–Crippen MR) is 79.9 cm³/mol. The Hall–Kier alpha value is -1.80. The number of para-hydroxylation sites is 1. The van der Waals surface area contributed by atoms with Gasteiger partial charge in [-0.15, -0.1) is 0 Å². The van der Waals surface area contributed by atoms with Gasteiger partial charge in [0.1, 0.15) is 0 Å². The number of anilines is 1. The van der Waals surface area contributed by atoms with Crippen molar-refractivity contribution in [2.45, 2.75) is 19.4 Å². The molecule has 2 aromatic rings. The molecule has 0 unspecified atom stereocenters. The third-order valence-corrected chi connectivity index (χ3v) is 3.94. The molecule has 0 saturated heterocycles. The molecule has 0 aliphatic heterocycles. The molecule has 3 rings (SSSR count). The maximum Gasteiger partial charge on any atom is 0.0359 e. The van der Waals surface area contributed by atoms with Crippen molar-refractivity contribution >= 4 is 5.69 Å². The summed E-state index contributed by atoms with van der Waals surface area (Å²) in [6.45, 7) is 1.92. The molecular formula is C17H20N2. The minimum atomic E-state index is 0.724. The number of nitrogens with one attached hydrogen (secondary N) is 1. The highest BCUT2D eigenvalue weighted by Gasteiger charge is 2.20. The van der Waals surface area contributed by atoms with E-state index in [4.69, 9.17) is 5.73 Å². The number of nitrogens with two attached hydrogens (primary N) is 1. The van der Waals surface area contributed by atoms with E-state index in [2.05, 4.69) is 35.6 Å². The van der Waals surface area contributed by atoms with Gasteiger partial charge in [-0.25, -0.2) is 0 Å². The number of benzene rings is 2. The van der Waals surface area contributed by atoms with E-state index in [0.717, 1.165) is 24.7 Å². The monoisotopic (exact) mass is 252 g/mol. The zero-order valence-electron chi connectivity index (χ0n) is 11.1. The van der Waals surface area contributed by atoms with Crippen molar-refractivity contribution in [3.8, 4) is 0 Å². The fourth-order valence-electron chi connectivity index (χ4n) is 2.90. The molecule has 0 spiro atoms. The standard InChI is InChI=1S/C17H20N2/c18-17-8-4-3-7-16(17)12-19-11-13-9-14-5-1-2-6-15(14)10-13/h1-8,13,19H,9-12,18H2. The van der Waals surface area contributed by atoms with Crippen LogP contribution in [0.2, 0.25) is 0 Å². The van der Waals surface area contributed by atoms with E-state index >= 15 is 0 Å². The fourth-order valence-corrected chi connectivity index (χ4v) is 2.90. The molecule has 0 radical (unpaired) electrons. The van der Waals surface area contributed by atoms with Crippen LogP contribution in [0.1, 0.15) is 16.7 Å². The van der Waals surface area contributed by atoms with Gasteiger partial charge in [-0.3, -0.25) is 0 Å². The lowest BCUT2D eigenvalue weighted by Crippen LogP contribution is -2.23. The zero-order valence-corrected chi connectivity index (χ0v) is 11.1. The summed E-state index contributed by atoms with van der Waals surface area (Å²) in [5.74, 6) is 0.724. The highest BCUT2D eigenvalue weighted by Crippen LogP contribution is 2.25. The molecule has 2 heteroatoms. The summed E-state index contributed by atoms with van der Waals surface area (Å²) in [5, 5.41) is 3.54. The second-order valence-corrected chi connectivity index (χ2v) is 5.37. The van der Waals surface area contributed by atoms with E-state index in [1.54, 1.807) is 0 Å². The molecule has 0 atom stereocenters. The third-order valence-electron chi connectivity index (χ3n) is 3.94. The first-order valence-corrected chi connectivity index (χ1v) is 6.94. The van der Waals surface area contributed by atoms with Crippen LogP contribution in [0, 0.1) is 5.92 Å². The fraction of sp³-hybridized carbons (Fsp3) is 0.294. The Kier molecular flexibility index (Phi) is 3.51. The number of rotatable bonds is 4. The molecule has 1 aliphatic carbocycles. The summed E-state index contributed by atoms with van der Waals surface area (Å²) < 4.78 is 0. The molecule has 3 N–H and O–H groups in total. The molecule has 0 fully saturated rings. The second kappa shape index (κ2) is 5.45. The van der Waals surface area contributed by atoms with Crippen LogP contribution in [0.25, 0.3) is 0 Å². The van der Waals surface area contributed by atoms with Gasteiger partial charge in [0.2, 0.25) is 0 Å². The maximum atomic E-state index is 5.94. The van der Waals surface area contributed by atoms with E-state index in [1.807, 2.05) is 18.2 Å². The van der Waals surface area contributed by atoms with Crippen molar-refractivity contribution in [2.75, 3.05) is 12.3 Å². The van der Waals surface area contributed by atoms with Gasteiger partial charge in [-0.05, 0) is 48.1 Å². The molecule has 0 bridgehead atoms. The molecule has 1 aliphatic rings. The third kappa shape index (κ3) is 2.79. The van der Waals surface area contributed by atoms with Gasteiger partial charge in [0.05, 0.1) is 0 Å². The molecule has 98 valence electrons. The zero-order chi connectivity index (χ0) is 13.1. The average Bonchev–Trinajstić information content (AvgIpc) is 2.83. The Morgan fingerprint density at radius 2 is 1.58 bits per heavy atom. The summed E-state index contributed by atoms with van der Waals surface area (Å²) in [6, 6.07) is 16.9. The van der Waals surface area contributed by atoms with Gasteiger partial charge in [-0.2, -0.15) is 0 Å². The lowest BCUT2D eigenvalue weighted by molar-refractivity contribution is 0.498. The van der Waals surface area contributed by atoms with E-state index in [-0.39, 0.29) is 0 Å². The van der Waals surface area contributed by atoms with Gasteiger partial charge in [-0.1, -0.05) is 42.5 Å². The van der Waals surface area contributed by atoms with Crippen LogP contribution in [0.5, 0.6) is 0 Å². The van der Waals surface area contributed by atoms with Gasteiger partial charge in [0.25, 0.3) is 0 Å². The normalized spacial score (nSPS) is 14.5. The molecule has 0 aromatic heterocycles. The molecule has 0 heterocycles. The van der Waals surface area contributed by atoms with Crippen molar-refractivity contribution in [3.63, 3.8) is 0 Å². The predicted octanol–water partition coefficient (Wildman–Crippen LogP) is 2.77. The van der Waals surface area contributed by atoms with E-state index in [1.165, 1.54) is 29.5 Å². The number of fused-ring (bicyclic) bond motifs is 1. The summed E-state index contributed by atoms with van der Waals surface area (Å²) >= 11 is 0. The number of hydrogen-bond donors (Lipinski definition) is 2. The molecule has 0 saturated carbocycles. The molecular weight excluding hydrogens is 232 g/mol. The first-order valence-electron chi connectivity index (χ1n) is 6.94. The summed E-state index contributed by atoms with van der Waals surface area (Å²) in [7, 11) is 0. The molecule has 2 nitrogen and oxygen atoms in total. The molecule has 2 aromatic carbocycles. The molecule has 0 amide bonds. The quantitative estimate of drug-likeness (QED) is 0.821. The largest absolute Gasteiger partial charge is 0.398 e. The minimum Gasteiger partial charge on any atom is -0.398 e. The van der Waals surface area contributed by atoms with Crippen LogP contribution in [-0.2, 0) is 19.4 Å². The SMILES string of the molecule is Nc1ccccc1CNCC1Cc2ccccc2C1. The summed E-state index contributed by atoms with van der Waals surface area (Å²) in [6.07, 6.45) is 2.40. The highest BCUT2D eigenvalue weighted by molar-refractivity contribution is 5.46. The van der Waals surface area contributed by atoms with Crippen LogP contribution in [0.4, 0.5) is 5.69 Å². The highest BCUT2D eigenvalue weighted by atomic mass is 14.9. The Balaban J connectivity index is 1.51. The summed E-state index contributed by atoms with van der Waals surface area (Å²) in [4.78, 5) is 0. The Morgan fingerprint density at radius 1 is 0.947 bits per heavy atom. The van der Waals surface area contributed by atoms with Crippen molar-refractivity contribution in [2.24, 2.45) is 5.92 Å². The van der Waals surface area contributed by atoms with E-state index in [9.17, 15) is 0 Å². The topological polar surface area (TPSA) is 38.0 Å². The maximum absolute atomic E-state index is 5.94. The summed E-state index contributed by atoms with van der Waals surface area (Å²) in [5.41, 5.74) is 11.1. The number of hydrogen-bond acceptors (Lipinski definition) is 2. The van der Waals surface area contributed by atoms with Crippen molar-refractivity contribution < 1.29 is 0 Å². The van der Waals surface area contributed by atoms with Gasteiger partial charge < -0.3 is 11.1 Å². The van der Waals surface area contributed by atoms with Gasteiger partial charge in [0.15, 0.2) is 0 Å². The lowest BCUT2D eigenvalue weighted by Gasteiger charge is -2.11. The minimum absolute atomic E-state index is 0.724. The first-order chi connectivity index (χ1) is 9.33. The van der Waals surface area contributed by atoms with Crippen LogP contribution in [-0.4, -0.2) is 6.54 Å². The van der Waals surface area contributed by atoms with Crippen molar-refractivity contribution in [3.05, 3.63) is 65.2 Å². The number of nitrogen functional groups attached to an aromatic ring is 1. The second-order valence-electron chi connectivity index (χ2n) is 5.37. The average molecular weight is 252 g/mol. The van der Waals surface area contributed by atoms with E-state index in [0.29, 0.717) is 0 Å². The van der Waals surface area contributed by atoms with Crippen molar-refractivity contribution in [1.82, 2.24) is 5.32 Å².